The number of ether oxygens (including phenoxy) is 1. The topological polar surface area (TPSA) is 55.4 Å². The second kappa shape index (κ2) is 7.24. The maximum absolute atomic E-state index is 14.3. The van der Waals surface area contributed by atoms with E-state index in [0.29, 0.717) is 17.8 Å². The van der Waals surface area contributed by atoms with Gasteiger partial charge >= 0.3 is 6.18 Å². The van der Waals surface area contributed by atoms with Crippen LogP contribution in [-0.2, 0) is 11.0 Å². The molecule has 0 unspecified atom stereocenters. The van der Waals surface area contributed by atoms with E-state index in [9.17, 15) is 27.2 Å². The standard InChI is InChI=1S/C17H8ClF4NO3S/c18-9-2-4-12(10(7-9)17(20,21)22)26-13-3-1-8(5-11(13)19)6-14-15(24)23-16(25)27-14/h1-7H,(H,23,24,25)/b14-6-. The lowest BCUT2D eigenvalue weighted by molar-refractivity contribution is -0.138. The van der Waals surface area contributed by atoms with Crippen molar-refractivity contribution in [3.8, 4) is 11.5 Å². The zero-order valence-corrected chi connectivity index (χ0v) is 14.6. The molecular formula is C17H8ClF4NO3S. The number of benzene rings is 2. The third-order valence-corrected chi connectivity index (χ3v) is 4.41. The Bertz CT molecular complexity index is 975. The van der Waals surface area contributed by atoms with Crippen molar-refractivity contribution in [3.63, 3.8) is 0 Å². The Morgan fingerprint density at radius 1 is 1.07 bits per heavy atom. The van der Waals surface area contributed by atoms with Crippen LogP contribution in [0.3, 0.4) is 0 Å². The molecule has 0 saturated carbocycles. The molecule has 0 bridgehead atoms. The highest BCUT2D eigenvalue weighted by Gasteiger charge is 2.35. The maximum atomic E-state index is 14.3. The number of hydrogen-bond donors (Lipinski definition) is 1. The molecule has 1 aliphatic heterocycles. The molecule has 2 aromatic rings. The van der Waals surface area contributed by atoms with E-state index in [1.807, 2.05) is 0 Å². The number of amides is 2. The molecule has 2 aromatic carbocycles. The van der Waals surface area contributed by atoms with E-state index < -0.39 is 40.2 Å². The van der Waals surface area contributed by atoms with Gasteiger partial charge in [0.05, 0.1) is 10.5 Å². The van der Waals surface area contributed by atoms with Gasteiger partial charge in [-0.2, -0.15) is 13.2 Å². The van der Waals surface area contributed by atoms with Crippen LogP contribution >= 0.6 is 23.4 Å². The van der Waals surface area contributed by atoms with Crippen molar-refractivity contribution in [3.05, 3.63) is 63.3 Å². The lowest BCUT2D eigenvalue weighted by Crippen LogP contribution is -2.17. The Hall–Kier alpha value is -2.52. The van der Waals surface area contributed by atoms with E-state index in [-0.39, 0.29) is 15.5 Å². The van der Waals surface area contributed by atoms with Gasteiger partial charge in [-0.1, -0.05) is 17.7 Å². The van der Waals surface area contributed by atoms with E-state index in [0.717, 1.165) is 18.2 Å². The van der Waals surface area contributed by atoms with Crippen LogP contribution in [0.25, 0.3) is 6.08 Å². The van der Waals surface area contributed by atoms with Crippen LogP contribution in [0.1, 0.15) is 11.1 Å². The minimum atomic E-state index is -4.74. The van der Waals surface area contributed by atoms with Crippen LogP contribution < -0.4 is 10.1 Å². The van der Waals surface area contributed by atoms with Crippen molar-refractivity contribution in [2.45, 2.75) is 6.18 Å². The molecule has 1 saturated heterocycles. The molecule has 0 aliphatic carbocycles. The summed E-state index contributed by atoms with van der Waals surface area (Å²) in [4.78, 5) is 22.7. The van der Waals surface area contributed by atoms with Gasteiger partial charge in [-0.25, -0.2) is 4.39 Å². The molecule has 27 heavy (non-hydrogen) atoms. The summed E-state index contributed by atoms with van der Waals surface area (Å²) in [6, 6.07) is 6.30. The largest absolute Gasteiger partial charge is 0.454 e. The van der Waals surface area contributed by atoms with Crippen molar-refractivity contribution < 1.29 is 31.9 Å². The van der Waals surface area contributed by atoms with Crippen LogP contribution in [0.2, 0.25) is 5.02 Å². The van der Waals surface area contributed by atoms with Crippen LogP contribution in [0, 0.1) is 5.82 Å². The van der Waals surface area contributed by atoms with Gasteiger partial charge in [0, 0.05) is 5.02 Å². The summed E-state index contributed by atoms with van der Waals surface area (Å²) >= 11 is 6.24. The molecule has 140 valence electrons. The fourth-order valence-corrected chi connectivity index (χ4v) is 3.05. The fourth-order valence-electron chi connectivity index (χ4n) is 2.19. The SMILES string of the molecule is O=C1NC(=O)/C(=C/c2ccc(Oc3ccc(Cl)cc3C(F)(F)F)c(F)c2)S1. The van der Waals surface area contributed by atoms with Gasteiger partial charge < -0.3 is 4.74 Å². The minimum Gasteiger partial charge on any atom is -0.454 e. The maximum Gasteiger partial charge on any atom is 0.420 e. The van der Waals surface area contributed by atoms with E-state index in [4.69, 9.17) is 16.3 Å². The van der Waals surface area contributed by atoms with Gasteiger partial charge in [0.25, 0.3) is 11.1 Å². The Balaban J connectivity index is 1.89. The molecule has 1 heterocycles. The highest BCUT2D eigenvalue weighted by molar-refractivity contribution is 8.18. The van der Waals surface area contributed by atoms with Crippen molar-refractivity contribution in [2.75, 3.05) is 0 Å². The number of thioether (sulfide) groups is 1. The van der Waals surface area contributed by atoms with Crippen LogP contribution in [0.5, 0.6) is 11.5 Å². The summed E-state index contributed by atoms with van der Waals surface area (Å²) in [6.45, 7) is 0. The third-order valence-electron chi connectivity index (χ3n) is 3.36. The quantitative estimate of drug-likeness (QED) is 0.520. The predicted molar refractivity (Wildman–Crippen MR) is 92.0 cm³/mol. The number of hydrogen-bond acceptors (Lipinski definition) is 4. The van der Waals surface area contributed by atoms with Gasteiger partial charge in [0.2, 0.25) is 0 Å². The smallest absolute Gasteiger partial charge is 0.420 e. The molecule has 3 rings (SSSR count). The Morgan fingerprint density at radius 2 is 1.78 bits per heavy atom. The Kier molecular flexibility index (Phi) is 5.16. The molecular weight excluding hydrogens is 410 g/mol. The summed E-state index contributed by atoms with van der Waals surface area (Å²) in [5.74, 6) is -2.60. The first-order valence-electron chi connectivity index (χ1n) is 7.22. The summed E-state index contributed by atoms with van der Waals surface area (Å²) in [7, 11) is 0. The van der Waals surface area contributed by atoms with E-state index in [1.54, 1.807) is 0 Å². The third kappa shape index (κ3) is 4.42. The summed E-state index contributed by atoms with van der Waals surface area (Å²) in [6.07, 6.45) is -3.46. The lowest BCUT2D eigenvalue weighted by Gasteiger charge is -2.14. The average Bonchev–Trinajstić information content (AvgIpc) is 2.88. The minimum absolute atomic E-state index is 0.0742. The van der Waals surface area contributed by atoms with Crippen molar-refractivity contribution in [2.24, 2.45) is 0 Å². The Labute approximate surface area is 159 Å². The normalized spacial score (nSPS) is 16.0. The average molecular weight is 418 g/mol. The molecule has 1 N–H and O–H groups in total. The summed E-state index contributed by atoms with van der Waals surface area (Å²) in [5, 5.41) is 1.36. The van der Waals surface area contributed by atoms with Crippen molar-refractivity contribution >= 4 is 40.6 Å². The number of halogens is 5. The van der Waals surface area contributed by atoms with Gasteiger partial charge in [-0.3, -0.25) is 14.9 Å². The molecule has 4 nitrogen and oxygen atoms in total. The molecule has 10 heteroatoms. The number of alkyl halides is 3. The second-order valence-electron chi connectivity index (χ2n) is 5.28. The predicted octanol–water partition coefficient (Wildman–Crippen LogP) is 5.61. The number of imide groups is 1. The Morgan fingerprint density at radius 3 is 2.37 bits per heavy atom. The first-order chi connectivity index (χ1) is 12.6. The molecule has 0 spiro atoms. The molecule has 0 aromatic heterocycles. The summed E-state index contributed by atoms with van der Waals surface area (Å²) < 4.78 is 58.6. The second-order valence-corrected chi connectivity index (χ2v) is 6.73. The zero-order chi connectivity index (χ0) is 19.8. The summed E-state index contributed by atoms with van der Waals surface area (Å²) in [5.41, 5.74) is -0.905. The van der Waals surface area contributed by atoms with E-state index >= 15 is 0 Å². The molecule has 1 fully saturated rings. The highest BCUT2D eigenvalue weighted by atomic mass is 35.5. The monoisotopic (exact) mass is 417 g/mol. The number of rotatable bonds is 3. The fraction of sp³-hybridized carbons (Fsp3) is 0.0588. The highest BCUT2D eigenvalue weighted by Crippen LogP contribution is 2.40. The molecule has 0 radical (unpaired) electrons. The van der Waals surface area contributed by atoms with Crippen LogP contribution in [-0.4, -0.2) is 11.1 Å². The van der Waals surface area contributed by atoms with Crippen molar-refractivity contribution in [1.82, 2.24) is 5.32 Å². The number of carbonyl (C=O) groups excluding carboxylic acids is 2. The van der Waals surface area contributed by atoms with Gasteiger partial charge in [0.15, 0.2) is 11.6 Å². The van der Waals surface area contributed by atoms with Gasteiger partial charge in [-0.05, 0) is 53.7 Å². The number of carbonyl (C=O) groups is 2. The van der Waals surface area contributed by atoms with E-state index in [2.05, 4.69) is 5.32 Å². The van der Waals surface area contributed by atoms with Gasteiger partial charge in [0.1, 0.15) is 5.75 Å². The first kappa shape index (κ1) is 19.2. The lowest BCUT2D eigenvalue weighted by atomic mass is 10.1. The molecule has 2 amide bonds. The van der Waals surface area contributed by atoms with Crippen LogP contribution in [0.4, 0.5) is 22.4 Å². The van der Waals surface area contributed by atoms with Crippen LogP contribution in [0.15, 0.2) is 41.3 Å². The number of nitrogens with one attached hydrogen (secondary N) is 1. The molecule has 1 aliphatic rings. The van der Waals surface area contributed by atoms with E-state index in [1.165, 1.54) is 18.2 Å². The zero-order valence-electron chi connectivity index (χ0n) is 13.1. The first-order valence-corrected chi connectivity index (χ1v) is 8.42. The van der Waals surface area contributed by atoms with Gasteiger partial charge in [-0.15, -0.1) is 0 Å². The van der Waals surface area contributed by atoms with Crippen molar-refractivity contribution in [1.29, 1.82) is 0 Å². The molecule has 0 atom stereocenters.